The van der Waals surface area contributed by atoms with Gasteiger partial charge in [0.2, 0.25) is 0 Å². The van der Waals surface area contributed by atoms with Gasteiger partial charge in [0, 0.05) is 0 Å². The van der Waals surface area contributed by atoms with Crippen molar-refractivity contribution in [1.82, 2.24) is 0 Å². The van der Waals surface area contributed by atoms with Crippen LogP contribution in [0.2, 0.25) is 0 Å². The molecule has 0 aromatic rings. The van der Waals surface area contributed by atoms with E-state index in [0.717, 1.165) is 32.1 Å². The second-order valence-corrected chi connectivity index (χ2v) is 4.66. The van der Waals surface area contributed by atoms with Gasteiger partial charge in [-0.3, -0.25) is 0 Å². The molecule has 1 aliphatic rings. The van der Waals surface area contributed by atoms with Crippen LogP contribution in [0.5, 0.6) is 0 Å². The summed E-state index contributed by atoms with van der Waals surface area (Å²) in [5.74, 6) is -2.62. The maximum Gasteiger partial charge on any atom is 0.343 e. The number of hydrogen-bond donors (Lipinski definition) is 2. The first-order valence-electron chi connectivity index (χ1n) is 6.18. The summed E-state index contributed by atoms with van der Waals surface area (Å²) in [6.07, 6.45) is 5.27. The molecule has 0 aromatic carbocycles. The number of hydrogen-bond acceptors (Lipinski definition) is 2. The first-order chi connectivity index (χ1) is 7.98. The fourth-order valence-corrected chi connectivity index (χ4v) is 3.09. The van der Waals surface area contributed by atoms with Crippen molar-refractivity contribution in [3.63, 3.8) is 0 Å². The highest BCUT2D eigenvalue weighted by atomic mass is 16.4. The second kappa shape index (κ2) is 5.34. The Hall–Kier alpha value is -1.32. The van der Waals surface area contributed by atoms with Gasteiger partial charge in [-0.05, 0) is 36.7 Å². The molecule has 0 radical (unpaired) electrons. The third kappa shape index (κ3) is 2.51. The Bertz CT molecular complexity index is 332. The first-order valence-corrected chi connectivity index (χ1v) is 6.18. The van der Waals surface area contributed by atoms with Gasteiger partial charge in [0.15, 0.2) is 0 Å². The number of carboxylic acids is 2. The molecular formula is C13H20O4. The van der Waals surface area contributed by atoms with Crippen molar-refractivity contribution in [2.45, 2.75) is 52.4 Å². The quantitative estimate of drug-likeness (QED) is 0.440. The Morgan fingerprint density at radius 2 is 1.53 bits per heavy atom. The average molecular weight is 240 g/mol. The lowest BCUT2D eigenvalue weighted by atomic mass is 9.73. The highest BCUT2D eigenvalue weighted by Crippen LogP contribution is 2.49. The molecule has 4 nitrogen and oxygen atoms in total. The van der Waals surface area contributed by atoms with Gasteiger partial charge in [0.25, 0.3) is 0 Å². The van der Waals surface area contributed by atoms with E-state index in [1.165, 1.54) is 0 Å². The second-order valence-electron chi connectivity index (χ2n) is 4.66. The minimum atomic E-state index is -1.31. The van der Waals surface area contributed by atoms with E-state index in [1.807, 2.05) is 13.8 Å². The van der Waals surface area contributed by atoms with Gasteiger partial charge in [0.05, 0.1) is 0 Å². The lowest BCUT2D eigenvalue weighted by Crippen LogP contribution is -2.25. The van der Waals surface area contributed by atoms with E-state index in [9.17, 15) is 9.59 Å². The number of carbonyl (C=O) groups is 2. The standard InChI is InChI=1S/C13H20O4/c1-3-9(10(11(14)15)12(16)17)13(4-2)7-5-6-8-13/h3-8H2,1-2H3,(H,14,15)(H,16,17). The number of aliphatic carboxylic acids is 2. The van der Waals surface area contributed by atoms with Crippen molar-refractivity contribution in [2.75, 3.05) is 0 Å². The smallest absolute Gasteiger partial charge is 0.343 e. The predicted octanol–water partition coefficient (Wildman–Crippen LogP) is 2.83. The molecule has 0 aromatic heterocycles. The number of allylic oxidation sites excluding steroid dienone is 1. The summed E-state index contributed by atoms with van der Waals surface area (Å²) in [7, 11) is 0. The van der Waals surface area contributed by atoms with Gasteiger partial charge in [-0.25, -0.2) is 9.59 Å². The molecule has 17 heavy (non-hydrogen) atoms. The summed E-state index contributed by atoms with van der Waals surface area (Å²) < 4.78 is 0. The van der Waals surface area contributed by atoms with E-state index in [0.29, 0.717) is 12.0 Å². The van der Waals surface area contributed by atoms with E-state index >= 15 is 0 Å². The van der Waals surface area contributed by atoms with Gasteiger partial charge >= 0.3 is 11.9 Å². The minimum absolute atomic E-state index is 0.194. The zero-order valence-electron chi connectivity index (χ0n) is 10.5. The molecule has 0 aliphatic heterocycles. The highest BCUT2D eigenvalue weighted by molar-refractivity contribution is 6.13. The Morgan fingerprint density at radius 3 is 1.82 bits per heavy atom. The van der Waals surface area contributed by atoms with Crippen LogP contribution in [-0.4, -0.2) is 22.2 Å². The maximum atomic E-state index is 11.1. The fraction of sp³-hybridized carbons (Fsp3) is 0.692. The lowest BCUT2D eigenvalue weighted by molar-refractivity contribution is -0.140. The van der Waals surface area contributed by atoms with E-state index in [1.54, 1.807) is 0 Å². The predicted molar refractivity (Wildman–Crippen MR) is 63.8 cm³/mol. The van der Waals surface area contributed by atoms with Gasteiger partial charge in [-0.1, -0.05) is 26.7 Å². The van der Waals surface area contributed by atoms with Crippen molar-refractivity contribution < 1.29 is 19.8 Å². The van der Waals surface area contributed by atoms with Crippen LogP contribution in [-0.2, 0) is 9.59 Å². The lowest BCUT2D eigenvalue weighted by Gasteiger charge is -2.31. The van der Waals surface area contributed by atoms with Crippen molar-refractivity contribution >= 4 is 11.9 Å². The molecule has 1 aliphatic carbocycles. The van der Waals surface area contributed by atoms with Gasteiger partial charge in [-0.2, -0.15) is 0 Å². The van der Waals surface area contributed by atoms with Crippen molar-refractivity contribution in [2.24, 2.45) is 5.41 Å². The first kappa shape index (κ1) is 13.7. The van der Waals surface area contributed by atoms with Gasteiger partial charge < -0.3 is 10.2 Å². The van der Waals surface area contributed by atoms with Crippen LogP contribution in [0.25, 0.3) is 0 Å². The molecule has 1 fully saturated rings. The summed E-state index contributed by atoms with van der Waals surface area (Å²) in [4.78, 5) is 22.2. The molecule has 0 unspecified atom stereocenters. The van der Waals surface area contributed by atoms with Crippen molar-refractivity contribution in [3.05, 3.63) is 11.1 Å². The van der Waals surface area contributed by atoms with Gasteiger partial charge in [-0.15, -0.1) is 0 Å². The van der Waals surface area contributed by atoms with E-state index < -0.39 is 17.5 Å². The summed E-state index contributed by atoms with van der Waals surface area (Å²) in [5.41, 5.74) is 0.0228. The SMILES string of the molecule is CCC(=C(C(=O)O)C(=O)O)C1(CC)CCCC1. The van der Waals surface area contributed by atoms with Crippen LogP contribution in [0.1, 0.15) is 52.4 Å². The summed E-state index contributed by atoms with van der Waals surface area (Å²) >= 11 is 0. The molecule has 4 heteroatoms. The number of carboxylic acid groups (broad SMARTS) is 2. The molecule has 0 amide bonds. The topological polar surface area (TPSA) is 74.6 Å². The maximum absolute atomic E-state index is 11.1. The molecule has 0 heterocycles. The van der Waals surface area contributed by atoms with Crippen molar-refractivity contribution in [3.8, 4) is 0 Å². The molecule has 0 saturated heterocycles. The van der Waals surface area contributed by atoms with E-state index in [2.05, 4.69) is 0 Å². The third-order valence-electron chi connectivity index (χ3n) is 3.96. The van der Waals surface area contributed by atoms with Crippen LogP contribution in [0.15, 0.2) is 11.1 Å². The van der Waals surface area contributed by atoms with E-state index in [-0.39, 0.29) is 5.41 Å². The van der Waals surface area contributed by atoms with Gasteiger partial charge in [0.1, 0.15) is 5.57 Å². The molecule has 2 N–H and O–H groups in total. The fourth-order valence-electron chi connectivity index (χ4n) is 3.09. The average Bonchev–Trinajstić information content (AvgIpc) is 2.73. The molecule has 0 spiro atoms. The van der Waals surface area contributed by atoms with Crippen molar-refractivity contribution in [1.29, 1.82) is 0 Å². The minimum Gasteiger partial charge on any atom is -0.477 e. The largest absolute Gasteiger partial charge is 0.477 e. The third-order valence-corrected chi connectivity index (χ3v) is 3.96. The molecule has 0 atom stereocenters. The zero-order chi connectivity index (χ0) is 13.1. The summed E-state index contributed by atoms with van der Waals surface area (Å²) in [6, 6.07) is 0. The van der Waals surface area contributed by atoms with Crippen LogP contribution in [0.3, 0.4) is 0 Å². The normalized spacial score (nSPS) is 17.8. The summed E-state index contributed by atoms with van der Waals surface area (Å²) in [6.45, 7) is 3.86. The monoisotopic (exact) mass is 240 g/mol. The Balaban J connectivity index is 3.31. The number of rotatable bonds is 5. The van der Waals surface area contributed by atoms with Crippen LogP contribution < -0.4 is 0 Å². The molecule has 96 valence electrons. The van der Waals surface area contributed by atoms with Crippen LogP contribution in [0.4, 0.5) is 0 Å². The molecular weight excluding hydrogens is 220 g/mol. The van der Waals surface area contributed by atoms with Crippen LogP contribution in [0, 0.1) is 5.41 Å². The highest BCUT2D eigenvalue weighted by Gasteiger charge is 2.39. The Kier molecular flexibility index (Phi) is 4.32. The van der Waals surface area contributed by atoms with Crippen LogP contribution >= 0.6 is 0 Å². The summed E-state index contributed by atoms with van der Waals surface area (Å²) in [5, 5.41) is 18.2. The van der Waals surface area contributed by atoms with E-state index in [4.69, 9.17) is 10.2 Å². The molecule has 1 rings (SSSR count). The Morgan fingerprint density at radius 1 is 1.06 bits per heavy atom. The molecule has 1 saturated carbocycles. The Labute approximate surface area is 101 Å². The zero-order valence-corrected chi connectivity index (χ0v) is 10.5. The molecule has 0 bridgehead atoms.